The van der Waals surface area contributed by atoms with Gasteiger partial charge in [-0.3, -0.25) is 0 Å². The van der Waals surface area contributed by atoms with E-state index in [-0.39, 0.29) is 0 Å². The third kappa shape index (κ3) is 2.18. The molecule has 1 aromatic carbocycles. The van der Waals surface area contributed by atoms with E-state index in [9.17, 15) is 30.7 Å². The van der Waals surface area contributed by atoms with Gasteiger partial charge in [0.05, 0.1) is 0 Å². The van der Waals surface area contributed by atoms with Gasteiger partial charge in [-0.25, -0.2) is 22.0 Å². The van der Waals surface area contributed by atoms with Gasteiger partial charge in [0.1, 0.15) is 5.56 Å². The Bertz CT molecular complexity index is 436. The molecule has 0 heterocycles. The molecule has 0 aliphatic carbocycles. The van der Waals surface area contributed by atoms with E-state index in [1.54, 1.807) is 0 Å². The molecule has 102 valence electrons. The summed E-state index contributed by atoms with van der Waals surface area (Å²) in [7, 11) is 0. The second-order valence-corrected chi connectivity index (χ2v) is 4.04. The highest BCUT2D eigenvalue weighted by Crippen LogP contribution is 2.37. The van der Waals surface area contributed by atoms with Crippen LogP contribution in [-0.4, -0.2) is 6.67 Å². The van der Waals surface area contributed by atoms with E-state index in [4.69, 9.17) is 0 Å². The molecule has 0 aliphatic rings. The van der Waals surface area contributed by atoms with Crippen molar-refractivity contribution in [1.29, 1.82) is 0 Å². The van der Waals surface area contributed by atoms with Crippen molar-refractivity contribution >= 4 is 0 Å². The van der Waals surface area contributed by atoms with Crippen molar-refractivity contribution in [1.82, 2.24) is 0 Å². The Hall–Kier alpha value is -1.27. The zero-order chi connectivity index (χ0) is 14.2. The average molecular weight is 274 g/mol. The molecule has 0 saturated heterocycles. The number of hydrogen-bond acceptors (Lipinski definition) is 0. The Morgan fingerprint density at radius 1 is 0.889 bits per heavy atom. The lowest BCUT2D eigenvalue weighted by Gasteiger charge is -2.18. The number of benzene rings is 1. The number of rotatable bonds is 3. The molecule has 0 amide bonds. The van der Waals surface area contributed by atoms with Gasteiger partial charge in [0.2, 0.25) is 0 Å². The SMILES string of the molecule is CC(C)c1c(F)c(F)c(C(F)(F)CF)c(F)c1F. The highest BCUT2D eigenvalue weighted by Gasteiger charge is 2.42. The summed E-state index contributed by atoms with van der Waals surface area (Å²) < 4.78 is 91.2. The maximum absolute atomic E-state index is 13.4. The highest BCUT2D eigenvalue weighted by molar-refractivity contribution is 5.34. The van der Waals surface area contributed by atoms with Crippen molar-refractivity contribution in [3.63, 3.8) is 0 Å². The minimum atomic E-state index is -4.62. The molecule has 0 atom stereocenters. The molecule has 0 spiro atoms. The van der Waals surface area contributed by atoms with E-state index in [1.165, 1.54) is 13.8 Å². The maximum Gasteiger partial charge on any atom is 0.306 e. The minimum Gasteiger partial charge on any atom is -0.244 e. The van der Waals surface area contributed by atoms with Gasteiger partial charge in [0, 0.05) is 5.56 Å². The van der Waals surface area contributed by atoms with Crippen LogP contribution in [0.2, 0.25) is 0 Å². The molecule has 0 aliphatic heterocycles. The first kappa shape index (κ1) is 14.8. The molecule has 0 radical (unpaired) electrons. The first-order chi connectivity index (χ1) is 8.15. The molecule has 1 aromatic rings. The van der Waals surface area contributed by atoms with E-state index in [2.05, 4.69) is 0 Å². The fraction of sp³-hybridized carbons (Fsp3) is 0.455. The molecule has 0 fully saturated rings. The predicted molar refractivity (Wildman–Crippen MR) is 50.2 cm³/mol. The third-order valence-electron chi connectivity index (χ3n) is 2.41. The summed E-state index contributed by atoms with van der Waals surface area (Å²) in [6.45, 7) is 0.00142. The van der Waals surface area contributed by atoms with Gasteiger partial charge in [0.15, 0.2) is 29.9 Å². The van der Waals surface area contributed by atoms with Crippen LogP contribution in [0.15, 0.2) is 0 Å². The van der Waals surface area contributed by atoms with E-state index in [1.807, 2.05) is 0 Å². The number of alkyl halides is 3. The van der Waals surface area contributed by atoms with Crippen molar-refractivity contribution in [2.45, 2.75) is 25.7 Å². The van der Waals surface area contributed by atoms with Crippen LogP contribution in [0.3, 0.4) is 0 Å². The van der Waals surface area contributed by atoms with Gasteiger partial charge in [-0.1, -0.05) is 13.8 Å². The number of hydrogen-bond donors (Lipinski definition) is 0. The summed E-state index contributed by atoms with van der Waals surface area (Å²) in [5.74, 6) is -14.0. The van der Waals surface area contributed by atoms with E-state index < -0.39 is 52.9 Å². The average Bonchev–Trinajstić information content (AvgIpc) is 2.26. The Balaban J connectivity index is 3.69. The van der Waals surface area contributed by atoms with Gasteiger partial charge in [-0.15, -0.1) is 0 Å². The monoisotopic (exact) mass is 274 g/mol. The fourth-order valence-corrected chi connectivity index (χ4v) is 1.54. The normalized spacial score (nSPS) is 12.3. The summed E-state index contributed by atoms with van der Waals surface area (Å²) in [6.07, 6.45) is 0. The molecule has 0 bridgehead atoms. The largest absolute Gasteiger partial charge is 0.306 e. The Kier molecular flexibility index (Phi) is 3.92. The summed E-state index contributed by atoms with van der Waals surface area (Å²) in [5.41, 5.74) is -3.20. The van der Waals surface area contributed by atoms with Gasteiger partial charge < -0.3 is 0 Å². The topological polar surface area (TPSA) is 0 Å². The van der Waals surface area contributed by atoms with Gasteiger partial charge >= 0.3 is 5.92 Å². The molecule has 0 N–H and O–H groups in total. The first-order valence-corrected chi connectivity index (χ1v) is 4.95. The molecule has 7 heteroatoms. The van der Waals surface area contributed by atoms with Crippen molar-refractivity contribution in [2.24, 2.45) is 0 Å². The second kappa shape index (κ2) is 4.78. The van der Waals surface area contributed by atoms with Crippen LogP contribution >= 0.6 is 0 Å². The molecule has 0 nitrogen and oxygen atoms in total. The fourth-order valence-electron chi connectivity index (χ4n) is 1.54. The van der Waals surface area contributed by atoms with E-state index in [0.717, 1.165) is 0 Å². The predicted octanol–water partition coefficient (Wildman–Crippen LogP) is 4.43. The molecule has 1 rings (SSSR count). The van der Waals surface area contributed by atoms with Crippen molar-refractivity contribution in [2.75, 3.05) is 6.67 Å². The molecule has 0 saturated carbocycles. The summed E-state index contributed by atoms with van der Waals surface area (Å²) in [6, 6.07) is 0. The van der Waals surface area contributed by atoms with Gasteiger partial charge in [0.25, 0.3) is 0 Å². The van der Waals surface area contributed by atoms with Crippen LogP contribution in [0.1, 0.15) is 30.9 Å². The second-order valence-electron chi connectivity index (χ2n) is 4.04. The zero-order valence-electron chi connectivity index (χ0n) is 9.43. The van der Waals surface area contributed by atoms with Crippen LogP contribution < -0.4 is 0 Å². The Morgan fingerprint density at radius 3 is 1.56 bits per heavy atom. The number of halogens is 7. The molecular formula is C11H9F7. The molecule has 18 heavy (non-hydrogen) atoms. The summed E-state index contributed by atoms with van der Waals surface area (Å²) in [4.78, 5) is 0. The molecule has 0 aromatic heterocycles. The van der Waals surface area contributed by atoms with Crippen LogP contribution in [0.5, 0.6) is 0 Å². The standard InChI is InChI=1S/C11H9F7/c1-4(2)5-7(13)9(15)6(10(16)8(5)14)11(17,18)3-12/h4H,3H2,1-2H3. The molecular weight excluding hydrogens is 265 g/mol. The van der Waals surface area contributed by atoms with Crippen LogP contribution in [0.25, 0.3) is 0 Å². The quantitative estimate of drug-likeness (QED) is 0.565. The van der Waals surface area contributed by atoms with Crippen LogP contribution in [-0.2, 0) is 5.92 Å². The Morgan fingerprint density at radius 2 is 1.28 bits per heavy atom. The zero-order valence-corrected chi connectivity index (χ0v) is 9.43. The maximum atomic E-state index is 13.4. The lowest BCUT2D eigenvalue weighted by Crippen LogP contribution is -2.23. The minimum absolute atomic E-state index is 0.956. The molecule has 0 unspecified atom stereocenters. The summed E-state index contributed by atoms with van der Waals surface area (Å²) in [5, 5.41) is 0. The Labute approximate surface area is 98.4 Å². The van der Waals surface area contributed by atoms with Crippen LogP contribution in [0, 0.1) is 23.3 Å². The smallest absolute Gasteiger partial charge is 0.244 e. The summed E-state index contributed by atoms with van der Waals surface area (Å²) >= 11 is 0. The first-order valence-electron chi connectivity index (χ1n) is 4.95. The third-order valence-corrected chi connectivity index (χ3v) is 2.41. The lowest BCUT2D eigenvalue weighted by atomic mass is 9.96. The highest BCUT2D eigenvalue weighted by atomic mass is 19.3. The van der Waals surface area contributed by atoms with Crippen LogP contribution in [0.4, 0.5) is 30.7 Å². The van der Waals surface area contributed by atoms with Crippen molar-refractivity contribution in [3.05, 3.63) is 34.4 Å². The lowest BCUT2D eigenvalue weighted by molar-refractivity contribution is -0.0356. The van der Waals surface area contributed by atoms with E-state index in [0.29, 0.717) is 0 Å². The van der Waals surface area contributed by atoms with Crippen molar-refractivity contribution < 1.29 is 30.7 Å². The van der Waals surface area contributed by atoms with Gasteiger partial charge in [-0.05, 0) is 5.92 Å². The van der Waals surface area contributed by atoms with Crippen molar-refractivity contribution in [3.8, 4) is 0 Å². The van der Waals surface area contributed by atoms with Gasteiger partial charge in [-0.2, -0.15) is 8.78 Å². The van der Waals surface area contributed by atoms with E-state index >= 15 is 0 Å².